The zero-order valence-electron chi connectivity index (χ0n) is 10.7. The van der Waals surface area contributed by atoms with E-state index in [0.717, 1.165) is 24.3 Å². The maximum atomic E-state index is 12.7. The molecular formula is C12H16FNO4S. The van der Waals surface area contributed by atoms with Crippen molar-refractivity contribution in [3.8, 4) is 0 Å². The molecule has 1 atom stereocenters. The number of carbonyl (C=O) groups is 1. The molecule has 0 aromatic heterocycles. The third-order valence-electron chi connectivity index (χ3n) is 3.07. The van der Waals surface area contributed by atoms with Gasteiger partial charge in [-0.25, -0.2) is 17.5 Å². The summed E-state index contributed by atoms with van der Waals surface area (Å²) in [7, 11) is -3.83. The van der Waals surface area contributed by atoms with Gasteiger partial charge in [0.2, 0.25) is 10.0 Å². The molecule has 1 aromatic carbocycles. The average Bonchev–Trinajstić information content (AvgIpc) is 2.36. The summed E-state index contributed by atoms with van der Waals surface area (Å²) in [6, 6.07) is 4.32. The summed E-state index contributed by atoms with van der Waals surface area (Å²) in [6.07, 6.45) is 0.286. The molecule has 7 heteroatoms. The van der Waals surface area contributed by atoms with Crippen LogP contribution in [0.4, 0.5) is 4.39 Å². The number of hydrogen-bond acceptors (Lipinski definition) is 3. The van der Waals surface area contributed by atoms with Gasteiger partial charge in [-0.1, -0.05) is 6.92 Å². The van der Waals surface area contributed by atoms with E-state index in [9.17, 15) is 17.6 Å². The summed E-state index contributed by atoms with van der Waals surface area (Å²) in [5.41, 5.74) is -1.17. The van der Waals surface area contributed by atoms with Crippen LogP contribution in [0.2, 0.25) is 0 Å². The molecule has 0 fully saturated rings. The molecule has 106 valence electrons. The van der Waals surface area contributed by atoms with Crippen molar-refractivity contribution < 1.29 is 22.7 Å². The molecule has 1 aromatic rings. The minimum atomic E-state index is -3.83. The van der Waals surface area contributed by atoms with Gasteiger partial charge in [-0.05, 0) is 37.6 Å². The van der Waals surface area contributed by atoms with Crippen LogP contribution in [0.15, 0.2) is 29.2 Å². The number of carboxylic acid groups (broad SMARTS) is 1. The van der Waals surface area contributed by atoms with E-state index in [1.165, 1.54) is 6.92 Å². The third-order valence-corrected chi connectivity index (χ3v) is 4.49. The van der Waals surface area contributed by atoms with E-state index in [1.807, 2.05) is 0 Å². The lowest BCUT2D eigenvalue weighted by atomic mass is 9.88. The standard InChI is InChI=1S/C12H16FNO4S/c1-3-12(2,11(15)16)8-14-19(17,18)10-6-4-9(13)5-7-10/h4-7,14H,3,8H2,1-2H3,(H,15,16). The predicted octanol–water partition coefficient (Wildman–Crippen LogP) is 1.60. The van der Waals surface area contributed by atoms with Gasteiger partial charge in [-0.2, -0.15) is 0 Å². The van der Waals surface area contributed by atoms with Gasteiger partial charge < -0.3 is 5.11 Å². The van der Waals surface area contributed by atoms with Crippen LogP contribution in [0, 0.1) is 11.2 Å². The largest absolute Gasteiger partial charge is 0.481 e. The Morgan fingerprint density at radius 2 is 1.89 bits per heavy atom. The van der Waals surface area contributed by atoms with E-state index in [4.69, 9.17) is 5.11 Å². The Balaban J connectivity index is 2.87. The lowest BCUT2D eigenvalue weighted by Gasteiger charge is -2.23. The summed E-state index contributed by atoms with van der Waals surface area (Å²) in [4.78, 5) is 11.0. The first-order chi connectivity index (χ1) is 8.71. The number of nitrogens with one attached hydrogen (secondary N) is 1. The Bertz CT molecular complexity index is 556. The van der Waals surface area contributed by atoms with E-state index in [0.29, 0.717) is 0 Å². The Morgan fingerprint density at radius 3 is 2.32 bits per heavy atom. The van der Waals surface area contributed by atoms with Crippen LogP contribution in [-0.2, 0) is 14.8 Å². The molecule has 0 saturated carbocycles. The predicted molar refractivity (Wildman–Crippen MR) is 67.6 cm³/mol. The summed E-state index contributed by atoms with van der Waals surface area (Å²) >= 11 is 0. The van der Waals surface area contributed by atoms with Crippen LogP contribution in [0.3, 0.4) is 0 Å². The van der Waals surface area contributed by atoms with Crippen molar-refractivity contribution in [3.05, 3.63) is 30.1 Å². The molecule has 5 nitrogen and oxygen atoms in total. The Morgan fingerprint density at radius 1 is 1.37 bits per heavy atom. The second-order valence-electron chi connectivity index (χ2n) is 4.50. The number of aliphatic carboxylic acids is 1. The quantitative estimate of drug-likeness (QED) is 0.833. The van der Waals surface area contributed by atoms with Crippen molar-refractivity contribution in [1.82, 2.24) is 4.72 Å². The normalized spacial score (nSPS) is 14.9. The van der Waals surface area contributed by atoms with Crippen molar-refractivity contribution in [2.24, 2.45) is 5.41 Å². The van der Waals surface area contributed by atoms with E-state index >= 15 is 0 Å². The second kappa shape index (κ2) is 5.66. The average molecular weight is 289 g/mol. The molecule has 1 rings (SSSR count). The van der Waals surface area contributed by atoms with Gasteiger partial charge in [-0.3, -0.25) is 4.79 Å². The van der Waals surface area contributed by atoms with Crippen LogP contribution in [0.5, 0.6) is 0 Å². The van der Waals surface area contributed by atoms with Crippen LogP contribution in [0.25, 0.3) is 0 Å². The number of carboxylic acids is 1. The maximum Gasteiger partial charge on any atom is 0.310 e. The van der Waals surface area contributed by atoms with E-state index in [2.05, 4.69) is 4.72 Å². The van der Waals surface area contributed by atoms with Crippen molar-refractivity contribution in [3.63, 3.8) is 0 Å². The van der Waals surface area contributed by atoms with Crippen LogP contribution >= 0.6 is 0 Å². The molecule has 2 N–H and O–H groups in total. The number of hydrogen-bond donors (Lipinski definition) is 2. The molecule has 0 spiro atoms. The molecule has 0 aliphatic carbocycles. The number of benzene rings is 1. The first kappa shape index (κ1) is 15.6. The van der Waals surface area contributed by atoms with Gasteiger partial charge in [-0.15, -0.1) is 0 Å². The number of rotatable bonds is 6. The smallest absolute Gasteiger partial charge is 0.310 e. The SMILES string of the molecule is CCC(C)(CNS(=O)(=O)c1ccc(F)cc1)C(=O)O. The summed E-state index contributed by atoms with van der Waals surface area (Å²) in [5.74, 6) is -1.61. The van der Waals surface area contributed by atoms with Gasteiger partial charge in [0.25, 0.3) is 0 Å². The van der Waals surface area contributed by atoms with E-state index < -0.39 is 27.2 Å². The highest BCUT2D eigenvalue weighted by Crippen LogP contribution is 2.21. The second-order valence-corrected chi connectivity index (χ2v) is 6.26. The van der Waals surface area contributed by atoms with Crippen molar-refractivity contribution in [1.29, 1.82) is 0 Å². The molecule has 1 unspecified atom stereocenters. The zero-order valence-corrected chi connectivity index (χ0v) is 11.5. The van der Waals surface area contributed by atoms with Crippen molar-refractivity contribution in [2.45, 2.75) is 25.2 Å². The Hall–Kier alpha value is -1.47. The summed E-state index contributed by atoms with van der Waals surface area (Å²) in [6.45, 7) is 2.90. The van der Waals surface area contributed by atoms with Crippen molar-refractivity contribution in [2.75, 3.05) is 6.54 Å². The molecule has 0 amide bonds. The molecular weight excluding hydrogens is 273 g/mol. The molecule has 0 saturated heterocycles. The zero-order chi connectivity index (χ0) is 14.7. The third kappa shape index (κ3) is 3.74. The van der Waals surface area contributed by atoms with Gasteiger partial charge in [0, 0.05) is 6.54 Å². The van der Waals surface area contributed by atoms with Gasteiger partial charge in [0.05, 0.1) is 10.3 Å². The highest BCUT2D eigenvalue weighted by Gasteiger charge is 2.32. The first-order valence-corrected chi connectivity index (χ1v) is 7.18. The minimum absolute atomic E-state index is 0.0993. The molecule has 19 heavy (non-hydrogen) atoms. The highest BCUT2D eigenvalue weighted by molar-refractivity contribution is 7.89. The van der Waals surface area contributed by atoms with Crippen LogP contribution in [-0.4, -0.2) is 26.0 Å². The number of sulfonamides is 1. The minimum Gasteiger partial charge on any atom is -0.481 e. The van der Waals surface area contributed by atoms with Crippen LogP contribution < -0.4 is 4.72 Å². The van der Waals surface area contributed by atoms with Gasteiger partial charge >= 0.3 is 5.97 Å². The van der Waals surface area contributed by atoms with E-state index in [-0.39, 0.29) is 17.9 Å². The van der Waals surface area contributed by atoms with E-state index in [1.54, 1.807) is 6.92 Å². The molecule has 0 radical (unpaired) electrons. The van der Waals surface area contributed by atoms with Crippen molar-refractivity contribution >= 4 is 16.0 Å². The van der Waals surface area contributed by atoms with Gasteiger partial charge in [0.15, 0.2) is 0 Å². The highest BCUT2D eigenvalue weighted by atomic mass is 32.2. The summed E-state index contributed by atoms with van der Waals surface area (Å²) < 4.78 is 38.8. The molecule has 0 aliphatic heterocycles. The molecule has 0 heterocycles. The maximum absolute atomic E-state index is 12.7. The summed E-state index contributed by atoms with van der Waals surface area (Å²) in [5, 5.41) is 9.05. The molecule has 0 aliphatic rings. The number of halogens is 1. The van der Waals surface area contributed by atoms with Gasteiger partial charge in [0.1, 0.15) is 5.82 Å². The Kier molecular flexibility index (Phi) is 4.65. The fraction of sp³-hybridized carbons (Fsp3) is 0.417. The Labute approximate surface area is 111 Å². The lowest BCUT2D eigenvalue weighted by molar-refractivity contribution is -0.147. The lowest BCUT2D eigenvalue weighted by Crippen LogP contribution is -2.40. The molecule has 0 bridgehead atoms. The monoisotopic (exact) mass is 289 g/mol. The fourth-order valence-electron chi connectivity index (χ4n) is 1.30. The van der Waals surface area contributed by atoms with Crippen LogP contribution in [0.1, 0.15) is 20.3 Å². The fourth-order valence-corrected chi connectivity index (χ4v) is 2.47. The first-order valence-electron chi connectivity index (χ1n) is 5.70. The topological polar surface area (TPSA) is 83.5 Å².